The topological polar surface area (TPSA) is 67.6 Å². The molecule has 1 aromatic rings. The molecular formula is C18H23N3O2. The number of nitrogens with zero attached hydrogens (tertiary/aromatic N) is 3. The first kappa shape index (κ1) is 15.8. The van der Waals surface area contributed by atoms with Crippen molar-refractivity contribution >= 4 is 5.91 Å². The number of nitriles is 1. The van der Waals surface area contributed by atoms with Crippen LogP contribution in [0.4, 0.5) is 0 Å². The van der Waals surface area contributed by atoms with Crippen LogP contribution in [0.3, 0.4) is 0 Å². The number of hydrogen-bond donors (Lipinski definition) is 1. The Bertz CT molecular complexity index is 617. The molecule has 1 atom stereocenters. The molecule has 5 nitrogen and oxygen atoms in total. The minimum Gasteiger partial charge on any atom is -0.507 e. The van der Waals surface area contributed by atoms with Crippen LogP contribution in [-0.2, 0) is 11.3 Å². The number of carbonyl (C=O) groups is 1. The van der Waals surface area contributed by atoms with Crippen LogP contribution in [0.15, 0.2) is 18.2 Å². The molecule has 0 bridgehead atoms. The predicted octanol–water partition coefficient (Wildman–Crippen LogP) is 2.10. The van der Waals surface area contributed by atoms with Crippen molar-refractivity contribution in [3.8, 4) is 11.8 Å². The standard InChI is InChI=1S/C18H23N3O2/c19-11-16-9-14(3-4-17(16)22)12-20-8-5-15(13-20)10-18(23)21-6-1-2-7-21/h3-4,9,15,22H,1-2,5-8,10,12-13H2/t15-/m0/s1. The molecule has 5 heteroatoms. The van der Waals surface area contributed by atoms with Crippen molar-refractivity contribution in [2.24, 2.45) is 5.92 Å². The van der Waals surface area contributed by atoms with E-state index < -0.39 is 0 Å². The van der Waals surface area contributed by atoms with Gasteiger partial charge in [0, 0.05) is 32.6 Å². The number of likely N-dealkylation sites (tertiary alicyclic amines) is 2. The predicted molar refractivity (Wildman–Crippen MR) is 86.6 cm³/mol. The van der Waals surface area contributed by atoms with E-state index in [1.807, 2.05) is 17.0 Å². The van der Waals surface area contributed by atoms with Crippen LogP contribution in [0.25, 0.3) is 0 Å². The van der Waals surface area contributed by atoms with E-state index in [-0.39, 0.29) is 5.75 Å². The summed E-state index contributed by atoms with van der Waals surface area (Å²) in [5, 5.41) is 18.5. The first-order valence-corrected chi connectivity index (χ1v) is 8.38. The van der Waals surface area contributed by atoms with E-state index in [1.54, 1.807) is 12.1 Å². The normalized spacial score (nSPS) is 21.5. The molecule has 1 N–H and O–H groups in total. The van der Waals surface area contributed by atoms with E-state index in [2.05, 4.69) is 4.90 Å². The van der Waals surface area contributed by atoms with Gasteiger partial charge >= 0.3 is 0 Å². The van der Waals surface area contributed by atoms with E-state index in [0.717, 1.165) is 57.5 Å². The zero-order chi connectivity index (χ0) is 16.2. The molecule has 0 spiro atoms. The summed E-state index contributed by atoms with van der Waals surface area (Å²) >= 11 is 0. The SMILES string of the molecule is N#Cc1cc(CN2CC[C@@H](CC(=O)N3CCCC3)C2)ccc1O. The fourth-order valence-electron chi connectivity index (χ4n) is 3.59. The fourth-order valence-corrected chi connectivity index (χ4v) is 3.59. The maximum Gasteiger partial charge on any atom is 0.222 e. The summed E-state index contributed by atoms with van der Waals surface area (Å²) in [6.45, 7) is 4.55. The van der Waals surface area contributed by atoms with Crippen molar-refractivity contribution in [3.63, 3.8) is 0 Å². The molecule has 0 aromatic heterocycles. The third-order valence-electron chi connectivity index (χ3n) is 4.88. The first-order chi connectivity index (χ1) is 11.2. The Kier molecular flexibility index (Phi) is 4.82. The summed E-state index contributed by atoms with van der Waals surface area (Å²) in [5.41, 5.74) is 1.35. The highest BCUT2D eigenvalue weighted by molar-refractivity contribution is 5.76. The number of aromatic hydroxyl groups is 1. The summed E-state index contributed by atoms with van der Waals surface area (Å²) in [6.07, 6.45) is 4.01. The van der Waals surface area contributed by atoms with Gasteiger partial charge in [-0.25, -0.2) is 0 Å². The van der Waals surface area contributed by atoms with E-state index >= 15 is 0 Å². The second-order valence-electron chi connectivity index (χ2n) is 6.65. The lowest BCUT2D eigenvalue weighted by Gasteiger charge is -2.19. The molecule has 2 saturated heterocycles. The van der Waals surface area contributed by atoms with Gasteiger partial charge in [-0.2, -0.15) is 5.26 Å². The number of carbonyl (C=O) groups excluding carboxylic acids is 1. The molecule has 0 radical (unpaired) electrons. The van der Waals surface area contributed by atoms with Crippen molar-refractivity contribution in [1.82, 2.24) is 9.80 Å². The highest BCUT2D eigenvalue weighted by Gasteiger charge is 2.27. The van der Waals surface area contributed by atoms with Gasteiger partial charge in [-0.15, -0.1) is 0 Å². The Morgan fingerprint density at radius 2 is 2.09 bits per heavy atom. The number of phenolic OH excluding ortho intramolecular Hbond substituents is 1. The van der Waals surface area contributed by atoms with Crippen LogP contribution in [0.2, 0.25) is 0 Å². The van der Waals surface area contributed by atoms with E-state index in [0.29, 0.717) is 23.8 Å². The molecule has 0 unspecified atom stereocenters. The molecule has 1 amide bonds. The lowest BCUT2D eigenvalue weighted by Crippen LogP contribution is -2.30. The van der Waals surface area contributed by atoms with Gasteiger partial charge in [0.15, 0.2) is 0 Å². The number of amides is 1. The summed E-state index contributed by atoms with van der Waals surface area (Å²) in [4.78, 5) is 16.6. The molecule has 2 heterocycles. The molecule has 23 heavy (non-hydrogen) atoms. The van der Waals surface area contributed by atoms with Gasteiger partial charge in [-0.05, 0) is 49.4 Å². The van der Waals surface area contributed by atoms with E-state index in [9.17, 15) is 9.90 Å². The van der Waals surface area contributed by atoms with Gasteiger partial charge in [0.25, 0.3) is 0 Å². The van der Waals surface area contributed by atoms with Gasteiger partial charge in [-0.1, -0.05) is 6.07 Å². The number of phenols is 1. The van der Waals surface area contributed by atoms with Crippen LogP contribution in [-0.4, -0.2) is 47.0 Å². The van der Waals surface area contributed by atoms with E-state index in [1.165, 1.54) is 0 Å². The van der Waals surface area contributed by atoms with Crippen molar-refractivity contribution in [2.45, 2.75) is 32.2 Å². The molecular weight excluding hydrogens is 290 g/mol. The zero-order valence-electron chi connectivity index (χ0n) is 13.4. The lowest BCUT2D eigenvalue weighted by atomic mass is 10.0. The maximum absolute atomic E-state index is 12.2. The summed E-state index contributed by atoms with van der Waals surface area (Å²) < 4.78 is 0. The first-order valence-electron chi connectivity index (χ1n) is 8.38. The van der Waals surface area contributed by atoms with Crippen molar-refractivity contribution < 1.29 is 9.90 Å². The number of benzene rings is 1. The molecule has 2 aliphatic heterocycles. The maximum atomic E-state index is 12.2. The van der Waals surface area contributed by atoms with Gasteiger partial charge in [-0.3, -0.25) is 9.69 Å². The average molecular weight is 313 g/mol. The molecule has 0 aliphatic carbocycles. The molecule has 0 saturated carbocycles. The van der Waals surface area contributed by atoms with E-state index in [4.69, 9.17) is 5.26 Å². The highest BCUT2D eigenvalue weighted by Crippen LogP contribution is 2.24. The van der Waals surface area contributed by atoms with Crippen LogP contribution in [0.1, 0.15) is 36.8 Å². The molecule has 2 fully saturated rings. The van der Waals surface area contributed by atoms with Crippen molar-refractivity contribution in [1.29, 1.82) is 5.26 Å². The Labute approximate surface area is 137 Å². The molecule has 1 aromatic carbocycles. The molecule has 122 valence electrons. The minimum atomic E-state index is 0.0340. The van der Waals surface area contributed by atoms with Crippen molar-refractivity contribution in [2.75, 3.05) is 26.2 Å². The highest BCUT2D eigenvalue weighted by atomic mass is 16.3. The number of hydrogen-bond acceptors (Lipinski definition) is 4. The van der Waals surface area contributed by atoms with Crippen molar-refractivity contribution in [3.05, 3.63) is 29.3 Å². The van der Waals surface area contributed by atoms with Crippen LogP contribution < -0.4 is 0 Å². The van der Waals surface area contributed by atoms with Crippen LogP contribution in [0, 0.1) is 17.2 Å². The molecule has 2 aliphatic rings. The zero-order valence-corrected chi connectivity index (χ0v) is 13.4. The Morgan fingerprint density at radius 3 is 2.83 bits per heavy atom. The number of rotatable bonds is 4. The second kappa shape index (κ2) is 7.01. The Morgan fingerprint density at radius 1 is 1.30 bits per heavy atom. The summed E-state index contributed by atoms with van der Waals surface area (Å²) in [6, 6.07) is 7.20. The third kappa shape index (κ3) is 3.83. The van der Waals surface area contributed by atoms with Crippen LogP contribution >= 0.6 is 0 Å². The minimum absolute atomic E-state index is 0.0340. The lowest BCUT2D eigenvalue weighted by molar-refractivity contribution is -0.131. The van der Waals surface area contributed by atoms with Gasteiger partial charge in [0.05, 0.1) is 5.56 Å². The third-order valence-corrected chi connectivity index (χ3v) is 4.88. The smallest absolute Gasteiger partial charge is 0.222 e. The molecule has 3 rings (SSSR count). The Balaban J connectivity index is 1.51. The monoisotopic (exact) mass is 313 g/mol. The van der Waals surface area contributed by atoms with Gasteiger partial charge < -0.3 is 10.0 Å². The van der Waals surface area contributed by atoms with Gasteiger partial charge in [0.2, 0.25) is 5.91 Å². The summed E-state index contributed by atoms with van der Waals surface area (Å²) in [7, 11) is 0. The summed E-state index contributed by atoms with van der Waals surface area (Å²) in [5.74, 6) is 0.785. The largest absolute Gasteiger partial charge is 0.507 e. The fraction of sp³-hybridized carbons (Fsp3) is 0.556. The quantitative estimate of drug-likeness (QED) is 0.924. The Hall–Kier alpha value is -2.06. The van der Waals surface area contributed by atoms with Gasteiger partial charge in [0.1, 0.15) is 11.8 Å². The average Bonchev–Trinajstić information content (AvgIpc) is 3.21. The second-order valence-corrected chi connectivity index (χ2v) is 6.65. The van der Waals surface area contributed by atoms with Crippen LogP contribution in [0.5, 0.6) is 5.75 Å².